The zero-order chi connectivity index (χ0) is 14.0. The summed E-state index contributed by atoms with van der Waals surface area (Å²) in [6.45, 7) is 4.02. The maximum atomic E-state index is 13.2. The molecule has 108 valence electrons. The SMILES string of the molecule is CCC(CC)n1ncc(CNC2CC2)c1C(F)(F)F. The fourth-order valence-corrected chi connectivity index (χ4v) is 2.29. The molecule has 0 saturated heterocycles. The fourth-order valence-electron chi connectivity index (χ4n) is 2.29. The minimum absolute atomic E-state index is 0.189. The van der Waals surface area contributed by atoms with Crippen LogP contribution in [0.1, 0.15) is 56.8 Å². The van der Waals surface area contributed by atoms with Gasteiger partial charge in [0.25, 0.3) is 0 Å². The quantitative estimate of drug-likeness (QED) is 0.861. The van der Waals surface area contributed by atoms with Crippen LogP contribution in [-0.4, -0.2) is 15.8 Å². The average Bonchev–Trinajstić information content (AvgIpc) is 3.07. The van der Waals surface area contributed by atoms with E-state index in [-0.39, 0.29) is 18.2 Å². The summed E-state index contributed by atoms with van der Waals surface area (Å²) in [6, 6.07) is 0.198. The molecule has 1 aromatic heterocycles. The third-order valence-electron chi connectivity index (χ3n) is 3.59. The van der Waals surface area contributed by atoms with Crippen LogP contribution in [0.25, 0.3) is 0 Å². The Bertz CT molecular complexity index is 417. The molecule has 0 atom stereocenters. The van der Waals surface area contributed by atoms with Crippen molar-refractivity contribution in [2.45, 2.75) is 64.3 Å². The number of aromatic nitrogens is 2. The molecule has 3 nitrogen and oxygen atoms in total. The number of halogens is 3. The van der Waals surface area contributed by atoms with E-state index in [1.54, 1.807) is 0 Å². The summed E-state index contributed by atoms with van der Waals surface area (Å²) in [5.74, 6) is 0. The predicted molar refractivity (Wildman–Crippen MR) is 66.7 cm³/mol. The van der Waals surface area contributed by atoms with E-state index in [1.165, 1.54) is 6.20 Å². The number of rotatable bonds is 6. The minimum atomic E-state index is -4.35. The molecule has 1 N–H and O–H groups in total. The lowest BCUT2D eigenvalue weighted by Gasteiger charge is -2.19. The van der Waals surface area contributed by atoms with Crippen molar-refractivity contribution in [3.63, 3.8) is 0 Å². The van der Waals surface area contributed by atoms with Gasteiger partial charge in [0.05, 0.1) is 12.2 Å². The normalized spacial score (nSPS) is 16.3. The lowest BCUT2D eigenvalue weighted by molar-refractivity contribution is -0.145. The van der Waals surface area contributed by atoms with Gasteiger partial charge in [0.2, 0.25) is 0 Å². The van der Waals surface area contributed by atoms with Gasteiger partial charge in [-0.1, -0.05) is 13.8 Å². The summed E-state index contributed by atoms with van der Waals surface area (Å²) in [7, 11) is 0. The Morgan fingerprint density at radius 2 is 2.00 bits per heavy atom. The maximum Gasteiger partial charge on any atom is 0.433 e. The highest BCUT2D eigenvalue weighted by atomic mass is 19.4. The van der Waals surface area contributed by atoms with Crippen molar-refractivity contribution < 1.29 is 13.2 Å². The minimum Gasteiger partial charge on any atom is -0.310 e. The van der Waals surface area contributed by atoms with Crippen LogP contribution in [0.15, 0.2) is 6.20 Å². The van der Waals surface area contributed by atoms with Crippen LogP contribution in [0.3, 0.4) is 0 Å². The number of hydrogen-bond acceptors (Lipinski definition) is 2. The van der Waals surface area contributed by atoms with Crippen LogP contribution >= 0.6 is 0 Å². The Balaban J connectivity index is 2.26. The third kappa shape index (κ3) is 3.29. The van der Waals surface area contributed by atoms with Crippen LogP contribution < -0.4 is 5.32 Å². The molecular formula is C13H20F3N3. The van der Waals surface area contributed by atoms with Crippen LogP contribution in [0.4, 0.5) is 13.2 Å². The highest BCUT2D eigenvalue weighted by Crippen LogP contribution is 2.35. The van der Waals surface area contributed by atoms with Gasteiger partial charge >= 0.3 is 6.18 Å². The van der Waals surface area contributed by atoms with Crippen LogP contribution in [-0.2, 0) is 12.7 Å². The number of nitrogens with one attached hydrogen (secondary N) is 1. The molecule has 0 unspecified atom stereocenters. The highest BCUT2D eigenvalue weighted by molar-refractivity contribution is 5.21. The molecule has 6 heteroatoms. The van der Waals surface area contributed by atoms with Gasteiger partial charge in [-0.15, -0.1) is 0 Å². The van der Waals surface area contributed by atoms with E-state index >= 15 is 0 Å². The molecular weight excluding hydrogens is 255 g/mol. The van der Waals surface area contributed by atoms with Crippen molar-refractivity contribution in [3.05, 3.63) is 17.5 Å². The zero-order valence-corrected chi connectivity index (χ0v) is 11.3. The Hall–Kier alpha value is -1.04. The van der Waals surface area contributed by atoms with E-state index in [0.29, 0.717) is 18.9 Å². The van der Waals surface area contributed by atoms with E-state index in [4.69, 9.17) is 0 Å². The lowest BCUT2D eigenvalue weighted by atomic mass is 10.1. The first-order valence-electron chi connectivity index (χ1n) is 6.84. The molecule has 1 aliphatic carbocycles. The summed E-state index contributed by atoms with van der Waals surface area (Å²) in [5, 5.41) is 7.10. The monoisotopic (exact) mass is 275 g/mol. The second-order valence-corrected chi connectivity index (χ2v) is 5.09. The lowest BCUT2D eigenvalue weighted by Crippen LogP contribution is -2.23. The zero-order valence-electron chi connectivity index (χ0n) is 11.3. The Kier molecular flexibility index (Phi) is 4.18. The largest absolute Gasteiger partial charge is 0.433 e. The second kappa shape index (κ2) is 5.53. The van der Waals surface area contributed by atoms with Crippen molar-refractivity contribution in [1.82, 2.24) is 15.1 Å². The molecule has 0 amide bonds. The van der Waals surface area contributed by atoms with Gasteiger partial charge in [-0.25, -0.2) is 0 Å². The average molecular weight is 275 g/mol. The maximum absolute atomic E-state index is 13.2. The summed E-state index contributed by atoms with van der Waals surface area (Å²) in [6.07, 6.45) is 0.424. The first kappa shape index (κ1) is 14.4. The molecule has 1 heterocycles. The first-order chi connectivity index (χ1) is 8.97. The molecule has 1 aliphatic rings. The highest BCUT2D eigenvalue weighted by Gasteiger charge is 2.39. The standard InChI is InChI=1S/C13H20F3N3/c1-3-11(4-2)19-12(13(14,15)16)9(8-18-19)7-17-10-5-6-10/h8,10-11,17H,3-7H2,1-2H3. The van der Waals surface area contributed by atoms with Gasteiger partial charge in [0, 0.05) is 18.2 Å². The van der Waals surface area contributed by atoms with Crippen LogP contribution in [0, 0.1) is 0 Å². The van der Waals surface area contributed by atoms with E-state index in [1.807, 2.05) is 13.8 Å². The number of nitrogens with zero attached hydrogens (tertiary/aromatic N) is 2. The van der Waals surface area contributed by atoms with E-state index < -0.39 is 11.9 Å². The molecule has 1 aromatic rings. The van der Waals surface area contributed by atoms with Crippen LogP contribution in [0.5, 0.6) is 0 Å². The molecule has 2 rings (SSSR count). The Labute approximate surface area is 111 Å². The number of alkyl halides is 3. The van der Waals surface area contributed by atoms with Gasteiger partial charge in [0.15, 0.2) is 0 Å². The first-order valence-corrected chi connectivity index (χ1v) is 6.84. The van der Waals surface area contributed by atoms with E-state index in [2.05, 4.69) is 10.4 Å². The summed E-state index contributed by atoms with van der Waals surface area (Å²) < 4.78 is 40.8. The van der Waals surface area contributed by atoms with E-state index in [0.717, 1.165) is 17.5 Å². The van der Waals surface area contributed by atoms with Crippen molar-refractivity contribution >= 4 is 0 Å². The van der Waals surface area contributed by atoms with Gasteiger partial charge < -0.3 is 5.32 Å². The molecule has 0 aliphatic heterocycles. The topological polar surface area (TPSA) is 29.9 Å². The summed E-state index contributed by atoms with van der Waals surface area (Å²) >= 11 is 0. The molecule has 0 radical (unpaired) electrons. The third-order valence-corrected chi connectivity index (χ3v) is 3.59. The smallest absolute Gasteiger partial charge is 0.310 e. The van der Waals surface area contributed by atoms with Gasteiger partial charge in [-0.2, -0.15) is 18.3 Å². The molecule has 0 bridgehead atoms. The molecule has 19 heavy (non-hydrogen) atoms. The van der Waals surface area contributed by atoms with Gasteiger partial charge in [-0.05, 0) is 25.7 Å². The molecule has 0 aromatic carbocycles. The number of hydrogen-bond donors (Lipinski definition) is 1. The predicted octanol–water partition coefficient (Wildman–Crippen LogP) is 3.52. The van der Waals surface area contributed by atoms with Crippen molar-refractivity contribution in [1.29, 1.82) is 0 Å². The van der Waals surface area contributed by atoms with Gasteiger partial charge in [0.1, 0.15) is 5.69 Å². The fraction of sp³-hybridized carbons (Fsp3) is 0.769. The molecule has 0 spiro atoms. The Morgan fingerprint density at radius 1 is 1.37 bits per heavy atom. The summed E-state index contributed by atoms with van der Waals surface area (Å²) in [5.41, 5.74) is -0.333. The van der Waals surface area contributed by atoms with Crippen molar-refractivity contribution in [3.8, 4) is 0 Å². The van der Waals surface area contributed by atoms with Crippen molar-refractivity contribution in [2.24, 2.45) is 0 Å². The van der Waals surface area contributed by atoms with Crippen LogP contribution in [0.2, 0.25) is 0 Å². The Morgan fingerprint density at radius 3 is 2.47 bits per heavy atom. The molecule has 1 saturated carbocycles. The van der Waals surface area contributed by atoms with Crippen molar-refractivity contribution in [2.75, 3.05) is 0 Å². The summed E-state index contributed by atoms with van der Waals surface area (Å²) in [4.78, 5) is 0. The van der Waals surface area contributed by atoms with Gasteiger partial charge in [-0.3, -0.25) is 4.68 Å². The molecule has 1 fully saturated rings. The second-order valence-electron chi connectivity index (χ2n) is 5.09. The van der Waals surface area contributed by atoms with E-state index in [9.17, 15) is 13.2 Å².